The fourth-order valence-corrected chi connectivity index (χ4v) is 5.47. The zero-order valence-electron chi connectivity index (χ0n) is 23.4. The maximum absolute atomic E-state index is 14.8. The van der Waals surface area contributed by atoms with Crippen molar-refractivity contribution in [3.05, 3.63) is 78.4 Å². The second-order valence-corrected chi connectivity index (χ2v) is 10.7. The van der Waals surface area contributed by atoms with Crippen molar-refractivity contribution in [3.8, 4) is 16.9 Å². The molecule has 3 aromatic heterocycles. The van der Waals surface area contributed by atoms with Gasteiger partial charge in [-0.2, -0.15) is 5.10 Å². The predicted molar refractivity (Wildman–Crippen MR) is 153 cm³/mol. The molecule has 5 heterocycles. The van der Waals surface area contributed by atoms with Gasteiger partial charge in [-0.3, -0.25) is 10.2 Å². The lowest BCUT2D eigenvalue weighted by atomic mass is 9.98. The molecule has 3 N–H and O–H groups in total. The number of nitrogens with one attached hydrogen (secondary N) is 3. The molecule has 4 aromatic rings. The number of rotatable bonds is 9. The van der Waals surface area contributed by atoms with Crippen LogP contribution in [0.5, 0.6) is 0 Å². The van der Waals surface area contributed by atoms with Gasteiger partial charge in [0.05, 0.1) is 24.4 Å². The fraction of sp³-hybridized carbons (Fsp3) is 0.379. The Morgan fingerprint density at radius 2 is 1.93 bits per heavy atom. The number of likely N-dealkylation sites (tertiary alicyclic amines) is 1. The summed E-state index contributed by atoms with van der Waals surface area (Å²) in [4.78, 5) is 24.2. The molecule has 0 aliphatic carbocycles. The first-order valence-corrected chi connectivity index (χ1v) is 13.8. The zero-order valence-corrected chi connectivity index (χ0v) is 23.4. The van der Waals surface area contributed by atoms with Gasteiger partial charge in [0.1, 0.15) is 17.3 Å². The SMILES string of the molecule is COCCN1CC(NC(=O)Nc2c(C)c(-c3cnc(C4(F)CNC4)nc3)nn2-c2ccccc2)C(n2ccc(F)c2)C1. The minimum atomic E-state index is -1.56. The van der Waals surface area contributed by atoms with Gasteiger partial charge in [0.25, 0.3) is 0 Å². The van der Waals surface area contributed by atoms with Crippen molar-refractivity contribution in [1.82, 2.24) is 39.8 Å². The third-order valence-electron chi connectivity index (χ3n) is 7.85. The van der Waals surface area contributed by atoms with Crippen LogP contribution in [0, 0.1) is 12.7 Å². The number of ether oxygens (including phenoxy) is 1. The van der Waals surface area contributed by atoms with Gasteiger partial charge in [-0.1, -0.05) is 18.2 Å². The maximum atomic E-state index is 14.8. The molecule has 2 amide bonds. The Hall–Kier alpha value is -4.20. The fourth-order valence-electron chi connectivity index (χ4n) is 5.47. The average Bonchev–Trinajstić information content (AvgIpc) is 3.68. The number of alkyl halides is 1. The number of methoxy groups -OCH3 is 1. The van der Waals surface area contributed by atoms with Crippen molar-refractivity contribution < 1.29 is 18.3 Å². The third-order valence-corrected chi connectivity index (χ3v) is 7.85. The highest BCUT2D eigenvalue weighted by molar-refractivity contribution is 5.91. The molecular weight excluding hydrogens is 544 g/mol. The Morgan fingerprint density at radius 1 is 1.17 bits per heavy atom. The van der Waals surface area contributed by atoms with Crippen LogP contribution in [0.2, 0.25) is 0 Å². The van der Waals surface area contributed by atoms with Crippen LogP contribution in [0.25, 0.3) is 16.9 Å². The summed E-state index contributed by atoms with van der Waals surface area (Å²) in [5.41, 5.74) is 1.04. The first-order valence-electron chi connectivity index (χ1n) is 13.8. The number of nitrogens with zero attached hydrogens (tertiary/aromatic N) is 6. The third kappa shape index (κ3) is 5.50. The van der Waals surface area contributed by atoms with E-state index in [9.17, 15) is 13.6 Å². The van der Waals surface area contributed by atoms with E-state index in [1.54, 1.807) is 34.9 Å². The predicted octanol–water partition coefficient (Wildman–Crippen LogP) is 3.04. The van der Waals surface area contributed by atoms with Crippen molar-refractivity contribution >= 4 is 11.8 Å². The molecule has 1 aromatic carbocycles. The van der Waals surface area contributed by atoms with E-state index in [2.05, 4.69) is 30.8 Å². The lowest BCUT2D eigenvalue weighted by Crippen LogP contribution is -2.54. The van der Waals surface area contributed by atoms with E-state index in [1.807, 2.05) is 37.3 Å². The van der Waals surface area contributed by atoms with Gasteiger partial charge in [-0.25, -0.2) is 28.2 Å². The van der Waals surface area contributed by atoms with Crippen LogP contribution in [0.3, 0.4) is 0 Å². The van der Waals surface area contributed by atoms with Gasteiger partial charge in [-0.05, 0) is 25.1 Å². The summed E-state index contributed by atoms with van der Waals surface area (Å²) >= 11 is 0. The highest BCUT2D eigenvalue weighted by Gasteiger charge is 2.42. The number of benzene rings is 1. The number of para-hydroxylation sites is 1. The van der Waals surface area contributed by atoms with E-state index in [0.29, 0.717) is 48.9 Å². The topological polar surface area (TPSA) is 114 Å². The number of anilines is 1. The molecule has 2 fully saturated rings. The Balaban J connectivity index is 1.26. The first-order chi connectivity index (χ1) is 20.3. The average molecular weight is 578 g/mol. The van der Waals surface area contributed by atoms with E-state index in [4.69, 9.17) is 9.84 Å². The summed E-state index contributed by atoms with van der Waals surface area (Å²) in [6, 6.07) is 9.99. The molecule has 2 saturated heterocycles. The Bertz CT molecular complexity index is 1540. The normalized spacial score (nSPS) is 19.9. The summed E-state index contributed by atoms with van der Waals surface area (Å²) in [5.74, 6) is 0.281. The van der Waals surface area contributed by atoms with Crippen LogP contribution in [-0.4, -0.2) is 87.7 Å². The van der Waals surface area contributed by atoms with Crippen LogP contribution in [0.15, 0.2) is 61.2 Å². The molecule has 2 aliphatic heterocycles. The maximum Gasteiger partial charge on any atom is 0.320 e. The van der Waals surface area contributed by atoms with Crippen LogP contribution in [0.1, 0.15) is 17.4 Å². The molecule has 11 nitrogen and oxygen atoms in total. The van der Waals surface area contributed by atoms with Gasteiger partial charge in [-0.15, -0.1) is 0 Å². The van der Waals surface area contributed by atoms with Crippen LogP contribution in [0.4, 0.5) is 19.4 Å². The van der Waals surface area contributed by atoms with Crippen molar-refractivity contribution in [2.45, 2.75) is 24.7 Å². The van der Waals surface area contributed by atoms with Crippen LogP contribution in [-0.2, 0) is 10.4 Å². The monoisotopic (exact) mass is 577 g/mol. The number of aromatic nitrogens is 5. The highest BCUT2D eigenvalue weighted by Crippen LogP contribution is 2.32. The largest absolute Gasteiger partial charge is 0.383 e. The second-order valence-electron chi connectivity index (χ2n) is 10.7. The molecule has 42 heavy (non-hydrogen) atoms. The van der Waals surface area contributed by atoms with Crippen molar-refractivity contribution in [1.29, 1.82) is 0 Å². The van der Waals surface area contributed by atoms with E-state index < -0.39 is 11.7 Å². The number of halogens is 2. The lowest BCUT2D eigenvalue weighted by molar-refractivity contribution is 0.0786. The van der Waals surface area contributed by atoms with Crippen molar-refractivity contribution in [3.63, 3.8) is 0 Å². The zero-order chi connectivity index (χ0) is 29.3. The molecule has 0 saturated carbocycles. The van der Waals surface area contributed by atoms with Gasteiger partial charge < -0.3 is 19.9 Å². The second kappa shape index (κ2) is 11.6. The van der Waals surface area contributed by atoms with Crippen molar-refractivity contribution in [2.24, 2.45) is 0 Å². The number of carbonyl (C=O) groups is 1. The first kappa shape index (κ1) is 27.9. The highest BCUT2D eigenvalue weighted by atomic mass is 19.1. The van der Waals surface area contributed by atoms with E-state index >= 15 is 0 Å². The minimum absolute atomic E-state index is 0.135. The summed E-state index contributed by atoms with van der Waals surface area (Å²) < 4.78 is 37.3. The number of urea groups is 1. The number of carbonyl (C=O) groups excluding carboxylic acids is 1. The molecule has 220 valence electrons. The van der Waals surface area contributed by atoms with Gasteiger partial charge in [0.2, 0.25) is 0 Å². The molecule has 0 spiro atoms. The lowest BCUT2D eigenvalue weighted by Gasteiger charge is -2.33. The van der Waals surface area contributed by atoms with Gasteiger partial charge in [0, 0.05) is 75.7 Å². The smallest absolute Gasteiger partial charge is 0.320 e. The summed E-state index contributed by atoms with van der Waals surface area (Å²) in [6.07, 6.45) is 6.25. The van der Waals surface area contributed by atoms with Crippen LogP contribution < -0.4 is 16.0 Å². The minimum Gasteiger partial charge on any atom is -0.383 e. The van der Waals surface area contributed by atoms with Crippen LogP contribution >= 0.6 is 0 Å². The molecule has 2 unspecified atom stereocenters. The number of amides is 2. The standard InChI is InChI=1S/C29H33F2N9O2/c1-19-25(20-12-33-27(34-13-20)29(31)17-32-18-29)37-40(22-6-4-3-5-7-22)26(19)36-28(41)35-23-15-38(10-11-42-2)16-24(23)39-9-8-21(30)14-39/h3-9,12-14,23-24,32H,10-11,15-18H2,1-2H3,(H2,35,36,41). The molecule has 6 rings (SSSR count). The summed E-state index contributed by atoms with van der Waals surface area (Å²) in [5, 5.41) is 13.8. The molecular formula is C29H33F2N9O2. The molecule has 2 aliphatic rings. The van der Waals surface area contributed by atoms with E-state index in [1.165, 1.54) is 12.3 Å². The summed E-state index contributed by atoms with van der Waals surface area (Å²) in [7, 11) is 1.65. The molecule has 0 bridgehead atoms. The quantitative estimate of drug-likeness (QED) is 0.280. The molecule has 0 radical (unpaired) electrons. The molecule has 2 atom stereocenters. The summed E-state index contributed by atoms with van der Waals surface area (Å²) in [6.45, 7) is 4.69. The van der Waals surface area contributed by atoms with Crippen molar-refractivity contribution in [2.75, 3.05) is 51.8 Å². The molecule has 13 heteroatoms. The van der Waals surface area contributed by atoms with Gasteiger partial charge >= 0.3 is 6.03 Å². The van der Waals surface area contributed by atoms with E-state index in [-0.39, 0.29) is 36.8 Å². The number of hydrogen-bond donors (Lipinski definition) is 3. The van der Waals surface area contributed by atoms with E-state index in [0.717, 1.165) is 5.69 Å². The Kier molecular flexibility index (Phi) is 7.71. The number of hydrogen-bond acceptors (Lipinski definition) is 7. The Morgan fingerprint density at radius 3 is 2.57 bits per heavy atom. The van der Waals surface area contributed by atoms with Gasteiger partial charge in [0.15, 0.2) is 11.5 Å². The Labute approximate surface area is 241 Å².